The van der Waals surface area contributed by atoms with Gasteiger partial charge in [0.15, 0.2) is 0 Å². The average molecular weight is 267 g/mol. The normalized spacial score (nSPS) is 18.6. The van der Waals surface area contributed by atoms with Gasteiger partial charge in [0.1, 0.15) is 5.76 Å². The highest BCUT2D eigenvalue weighted by molar-refractivity contribution is 5.73. The van der Waals surface area contributed by atoms with Gasteiger partial charge in [-0.15, -0.1) is 0 Å². The molecule has 0 saturated carbocycles. The lowest BCUT2D eigenvalue weighted by Gasteiger charge is -2.19. The molecule has 0 aromatic carbocycles. The number of nitrogens with one attached hydrogen (secondary N) is 1. The van der Waals surface area contributed by atoms with Crippen molar-refractivity contribution in [2.24, 2.45) is 0 Å². The number of nitrogens with zero attached hydrogens (tertiary/aromatic N) is 2. The van der Waals surface area contributed by atoms with E-state index in [9.17, 15) is 4.79 Å². The maximum Gasteiger partial charge on any atom is 0.317 e. The summed E-state index contributed by atoms with van der Waals surface area (Å²) >= 11 is 0. The predicted molar refractivity (Wildman–Crippen MR) is 69.8 cm³/mol. The Bertz CT molecular complexity index is 419. The Morgan fingerprint density at radius 2 is 2.32 bits per heavy atom. The zero-order chi connectivity index (χ0) is 13.8. The lowest BCUT2D eigenvalue weighted by Crippen LogP contribution is -2.40. The van der Waals surface area contributed by atoms with E-state index in [1.54, 1.807) is 11.9 Å². The summed E-state index contributed by atoms with van der Waals surface area (Å²) < 4.78 is 10.6. The minimum Gasteiger partial charge on any atom is -0.376 e. The van der Waals surface area contributed by atoms with Crippen LogP contribution in [0, 0.1) is 13.8 Å². The maximum absolute atomic E-state index is 12.0. The fourth-order valence-electron chi connectivity index (χ4n) is 2.18. The lowest BCUT2D eigenvalue weighted by atomic mass is 10.2. The van der Waals surface area contributed by atoms with E-state index < -0.39 is 0 Å². The number of hydrogen-bond acceptors (Lipinski definition) is 4. The highest BCUT2D eigenvalue weighted by atomic mass is 16.5. The molecule has 0 spiro atoms. The quantitative estimate of drug-likeness (QED) is 0.900. The van der Waals surface area contributed by atoms with Crippen molar-refractivity contribution in [3.05, 3.63) is 17.0 Å². The van der Waals surface area contributed by atoms with E-state index in [1.807, 2.05) is 13.8 Å². The molecule has 6 heteroatoms. The number of ether oxygens (including phenoxy) is 1. The van der Waals surface area contributed by atoms with Gasteiger partial charge in [-0.25, -0.2) is 4.79 Å². The van der Waals surface area contributed by atoms with Gasteiger partial charge in [0.2, 0.25) is 0 Å². The molecule has 19 heavy (non-hydrogen) atoms. The summed E-state index contributed by atoms with van der Waals surface area (Å²) in [6.07, 6.45) is 2.26. The Labute approximate surface area is 113 Å². The Kier molecular flexibility index (Phi) is 4.42. The second-order valence-corrected chi connectivity index (χ2v) is 4.98. The predicted octanol–water partition coefficient (Wildman–Crippen LogP) is 1.61. The van der Waals surface area contributed by atoms with E-state index >= 15 is 0 Å². The zero-order valence-corrected chi connectivity index (χ0v) is 11.7. The van der Waals surface area contributed by atoms with Crippen LogP contribution in [0.3, 0.4) is 0 Å². The van der Waals surface area contributed by atoms with Crippen molar-refractivity contribution >= 4 is 6.03 Å². The largest absolute Gasteiger partial charge is 0.376 e. The van der Waals surface area contributed by atoms with Crippen LogP contribution < -0.4 is 5.32 Å². The molecule has 1 aromatic rings. The minimum atomic E-state index is -0.101. The molecule has 2 rings (SSSR count). The van der Waals surface area contributed by atoms with Crippen LogP contribution in [-0.2, 0) is 11.3 Å². The second-order valence-electron chi connectivity index (χ2n) is 4.98. The fraction of sp³-hybridized carbons (Fsp3) is 0.692. The number of carbonyl (C=O) groups is 1. The van der Waals surface area contributed by atoms with Gasteiger partial charge < -0.3 is 19.5 Å². The van der Waals surface area contributed by atoms with Gasteiger partial charge in [-0.2, -0.15) is 0 Å². The van der Waals surface area contributed by atoms with Crippen molar-refractivity contribution in [3.8, 4) is 0 Å². The van der Waals surface area contributed by atoms with E-state index in [2.05, 4.69) is 10.5 Å². The van der Waals surface area contributed by atoms with Crippen LogP contribution in [0.4, 0.5) is 4.79 Å². The molecule has 1 aliphatic heterocycles. The molecular weight excluding hydrogens is 246 g/mol. The average Bonchev–Trinajstić information content (AvgIpc) is 3.00. The third kappa shape index (κ3) is 3.47. The zero-order valence-electron chi connectivity index (χ0n) is 11.7. The molecule has 0 bridgehead atoms. The molecule has 1 N–H and O–H groups in total. The van der Waals surface area contributed by atoms with E-state index in [0.29, 0.717) is 13.1 Å². The number of urea groups is 1. The molecule has 1 saturated heterocycles. The Morgan fingerprint density at radius 1 is 1.53 bits per heavy atom. The minimum absolute atomic E-state index is 0.101. The summed E-state index contributed by atoms with van der Waals surface area (Å²) in [6, 6.07) is -0.101. The monoisotopic (exact) mass is 267 g/mol. The molecule has 0 unspecified atom stereocenters. The number of hydrogen-bond donors (Lipinski definition) is 1. The fourth-order valence-corrected chi connectivity index (χ4v) is 2.18. The van der Waals surface area contributed by atoms with Gasteiger partial charge in [-0.3, -0.25) is 0 Å². The van der Waals surface area contributed by atoms with Gasteiger partial charge >= 0.3 is 6.03 Å². The van der Waals surface area contributed by atoms with Crippen LogP contribution >= 0.6 is 0 Å². The number of aryl methyl sites for hydroxylation is 2. The Balaban J connectivity index is 1.82. The van der Waals surface area contributed by atoms with Gasteiger partial charge in [-0.05, 0) is 26.7 Å². The number of carbonyl (C=O) groups excluding carboxylic acids is 1. The molecule has 2 heterocycles. The van der Waals surface area contributed by atoms with Crippen molar-refractivity contribution in [2.75, 3.05) is 20.2 Å². The molecule has 1 atom stereocenters. The highest BCUT2D eigenvalue weighted by Gasteiger charge is 2.19. The van der Waals surface area contributed by atoms with Crippen LogP contribution in [0.25, 0.3) is 0 Å². The third-order valence-electron chi connectivity index (χ3n) is 3.43. The van der Waals surface area contributed by atoms with Crippen molar-refractivity contribution in [1.29, 1.82) is 0 Å². The SMILES string of the molecule is Cc1noc(C)c1CN(C)C(=O)NC[C@@H]1CCCO1. The van der Waals surface area contributed by atoms with Gasteiger partial charge in [0, 0.05) is 25.8 Å². The summed E-state index contributed by atoms with van der Waals surface area (Å²) in [7, 11) is 1.76. The van der Waals surface area contributed by atoms with Gasteiger partial charge in [-0.1, -0.05) is 5.16 Å². The van der Waals surface area contributed by atoms with Crippen LogP contribution in [0.5, 0.6) is 0 Å². The first kappa shape index (κ1) is 13.9. The molecule has 0 radical (unpaired) electrons. The molecule has 0 aliphatic carbocycles. The van der Waals surface area contributed by atoms with Crippen LogP contribution in [0.2, 0.25) is 0 Å². The topological polar surface area (TPSA) is 67.6 Å². The molecule has 6 nitrogen and oxygen atoms in total. The van der Waals surface area contributed by atoms with E-state index in [1.165, 1.54) is 0 Å². The maximum atomic E-state index is 12.0. The molecule has 1 aromatic heterocycles. The molecule has 1 fully saturated rings. The first-order chi connectivity index (χ1) is 9.08. The van der Waals surface area contributed by atoms with E-state index in [4.69, 9.17) is 9.26 Å². The first-order valence-electron chi connectivity index (χ1n) is 6.60. The summed E-state index contributed by atoms with van der Waals surface area (Å²) in [6.45, 7) is 5.61. The Morgan fingerprint density at radius 3 is 2.89 bits per heavy atom. The summed E-state index contributed by atoms with van der Waals surface area (Å²) in [5.74, 6) is 0.760. The van der Waals surface area contributed by atoms with Crippen molar-refractivity contribution in [3.63, 3.8) is 0 Å². The molecule has 2 amide bonds. The number of rotatable bonds is 4. The Hall–Kier alpha value is -1.56. The summed E-state index contributed by atoms with van der Waals surface area (Å²) in [5, 5.41) is 6.77. The van der Waals surface area contributed by atoms with Gasteiger partial charge in [0.25, 0.3) is 0 Å². The van der Waals surface area contributed by atoms with E-state index in [-0.39, 0.29) is 12.1 Å². The van der Waals surface area contributed by atoms with Crippen LogP contribution in [0.15, 0.2) is 4.52 Å². The number of aromatic nitrogens is 1. The van der Waals surface area contributed by atoms with E-state index in [0.717, 1.165) is 36.5 Å². The molecule has 106 valence electrons. The smallest absolute Gasteiger partial charge is 0.317 e. The first-order valence-corrected chi connectivity index (χ1v) is 6.60. The lowest BCUT2D eigenvalue weighted by molar-refractivity contribution is 0.109. The van der Waals surface area contributed by atoms with Crippen molar-refractivity contribution in [1.82, 2.24) is 15.4 Å². The second kappa shape index (κ2) is 6.06. The summed E-state index contributed by atoms with van der Waals surface area (Å²) in [5.41, 5.74) is 1.80. The third-order valence-corrected chi connectivity index (χ3v) is 3.43. The van der Waals surface area contributed by atoms with Crippen LogP contribution in [0.1, 0.15) is 29.9 Å². The highest BCUT2D eigenvalue weighted by Crippen LogP contribution is 2.14. The summed E-state index contributed by atoms with van der Waals surface area (Å²) in [4.78, 5) is 13.6. The van der Waals surface area contributed by atoms with Crippen molar-refractivity contribution < 1.29 is 14.1 Å². The van der Waals surface area contributed by atoms with Crippen molar-refractivity contribution in [2.45, 2.75) is 39.3 Å². The molecule has 1 aliphatic rings. The molecular formula is C13H21N3O3. The number of amides is 2. The van der Waals surface area contributed by atoms with Gasteiger partial charge in [0.05, 0.1) is 18.3 Å². The standard InChI is InChI=1S/C13H21N3O3/c1-9-12(10(2)19-15-9)8-16(3)13(17)14-7-11-5-4-6-18-11/h11H,4-8H2,1-3H3,(H,14,17)/t11-/m0/s1. The van der Waals surface area contributed by atoms with Crippen LogP contribution in [-0.4, -0.2) is 42.4 Å².